The molecule has 3 N–H and O–H groups in total. The maximum Gasteiger partial charge on any atom is 0.140 e. The van der Waals surface area contributed by atoms with Crippen molar-refractivity contribution in [3.63, 3.8) is 0 Å². The van der Waals surface area contributed by atoms with Crippen LogP contribution in [0, 0.1) is 6.92 Å². The van der Waals surface area contributed by atoms with Gasteiger partial charge in [0, 0.05) is 11.3 Å². The van der Waals surface area contributed by atoms with Gasteiger partial charge < -0.3 is 10.7 Å². The summed E-state index contributed by atoms with van der Waals surface area (Å²) in [5.41, 5.74) is 10.9. The Kier molecular flexibility index (Phi) is 2.11. The Morgan fingerprint density at radius 2 is 1.88 bits per heavy atom. The number of aryl methyl sites for hydroxylation is 1. The lowest BCUT2D eigenvalue weighted by Gasteiger charge is -2.04. The summed E-state index contributed by atoms with van der Waals surface area (Å²) in [5.74, 6) is 0.826. The van der Waals surface area contributed by atoms with Crippen LogP contribution in [-0.4, -0.2) is 9.97 Å². The number of para-hydroxylation sites is 3. The van der Waals surface area contributed by atoms with Crippen molar-refractivity contribution in [3.05, 3.63) is 48.0 Å². The van der Waals surface area contributed by atoms with Gasteiger partial charge in [-0.2, -0.15) is 0 Å². The summed E-state index contributed by atoms with van der Waals surface area (Å²) in [4.78, 5) is 7.84. The van der Waals surface area contributed by atoms with Gasteiger partial charge >= 0.3 is 0 Å². The Morgan fingerprint density at radius 1 is 1.06 bits per heavy atom. The van der Waals surface area contributed by atoms with E-state index in [0.717, 1.165) is 33.7 Å². The summed E-state index contributed by atoms with van der Waals surface area (Å²) in [6, 6.07) is 13.9. The smallest absolute Gasteiger partial charge is 0.140 e. The number of aromatic nitrogens is 2. The van der Waals surface area contributed by atoms with Crippen molar-refractivity contribution < 1.29 is 0 Å². The average Bonchev–Trinajstić information content (AvgIpc) is 2.76. The number of hydrogen-bond acceptors (Lipinski definition) is 2. The summed E-state index contributed by atoms with van der Waals surface area (Å²) in [6.07, 6.45) is 0. The number of anilines is 1. The monoisotopic (exact) mass is 223 g/mol. The van der Waals surface area contributed by atoms with Crippen LogP contribution in [0.25, 0.3) is 22.4 Å². The molecular weight excluding hydrogens is 210 g/mol. The molecule has 84 valence electrons. The highest BCUT2D eigenvalue weighted by Crippen LogP contribution is 2.27. The molecule has 0 fully saturated rings. The van der Waals surface area contributed by atoms with Gasteiger partial charge in [-0.05, 0) is 30.7 Å². The minimum absolute atomic E-state index is 0.784. The molecule has 0 aliphatic rings. The van der Waals surface area contributed by atoms with Crippen LogP contribution < -0.4 is 5.73 Å². The van der Waals surface area contributed by atoms with Gasteiger partial charge in [0.15, 0.2) is 0 Å². The number of hydrogen-bond donors (Lipinski definition) is 2. The molecule has 3 heteroatoms. The number of fused-ring (bicyclic) bond motifs is 1. The number of imidazole rings is 1. The molecule has 1 aromatic heterocycles. The van der Waals surface area contributed by atoms with Gasteiger partial charge in [-0.15, -0.1) is 0 Å². The van der Waals surface area contributed by atoms with Crippen LogP contribution in [0.5, 0.6) is 0 Å². The summed E-state index contributed by atoms with van der Waals surface area (Å²) in [5, 5.41) is 0. The highest BCUT2D eigenvalue weighted by Gasteiger charge is 2.08. The van der Waals surface area contributed by atoms with Crippen molar-refractivity contribution in [2.24, 2.45) is 0 Å². The van der Waals surface area contributed by atoms with E-state index in [0.29, 0.717) is 0 Å². The zero-order valence-electron chi connectivity index (χ0n) is 9.57. The first-order valence-corrected chi connectivity index (χ1v) is 5.56. The molecule has 1 heterocycles. The molecule has 0 unspecified atom stereocenters. The molecule has 0 atom stereocenters. The molecule has 3 nitrogen and oxygen atoms in total. The van der Waals surface area contributed by atoms with Crippen LogP contribution in [-0.2, 0) is 0 Å². The first-order chi connectivity index (χ1) is 8.25. The van der Waals surface area contributed by atoms with E-state index in [9.17, 15) is 0 Å². The summed E-state index contributed by atoms with van der Waals surface area (Å²) >= 11 is 0. The van der Waals surface area contributed by atoms with Crippen LogP contribution in [0.15, 0.2) is 42.5 Å². The molecule has 3 rings (SSSR count). The average molecular weight is 223 g/mol. The summed E-state index contributed by atoms with van der Waals surface area (Å²) in [6.45, 7) is 2.00. The molecule has 0 aliphatic heterocycles. The van der Waals surface area contributed by atoms with E-state index < -0.39 is 0 Å². The molecule has 0 spiro atoms. The maximum atomic E-state index is 6.08. The SMILES string of the molecule is Cc1cccc(-c2nc3ccccc3[nH]2)c1N. The van der Waals surface area contributed by atoms with Crippen molar-refractivity contribution >= 4 is 16.7 Å². The highest BCUT2D eigenvalue weighted by atomic mass is 14.9. The van der Waals surface area contributed by atoms with Gasteiger partial charge in [-0.25, -0.2) is 4.98 Å². The molecule has 0 radical (unpaired) electrons. The molecule has 3 aromatic rings. The third kappa shape index (κ3) is 1.56. The number of H-pyrrole nitrogens is 1. The number of nitrogens with two attached hydrogens (primary N) is 1. The Balaban J connectivity index is 2.24. The molecular formula is C14H13N3. The van der Waals surface area contributed by atoms with Crippen LogP contribution in [0.4, 0.5) is 5.69 Å². The van der Waals surface area contributed by atoms with E-state index in [1.165, 1.54) is 0 Å². The lowest BCUT2D eigenvalue weighted by molar-refractivity contribution is 1.33. The highest BCUT2D eigenvalue weighted by molar-refractivity contribution is 5.83. The summed E-state index contributed by atoms with van der Waals surface area (Å²) < 4.78 is 0. The second-order valence-corrected chi connectivity index (χ2v) is 4.14. The van der Waals surface area contributed by atoms with Crippen LogP contribution in [0.1, 0.15) is 5.56 Å². The quantitative estimate of drug-likeness (QED) is 0.623. The van der Waals surface area contributed by atoms with Crippen molar-refractivity contribution in [1.29, 1.82) is 0 Å². The van der Waals surface area contributed by atoms with Gasteiger partial charge in [-0.1, -0.05) is 24.3 Å². The van der Waals surface area contributed by atoms with Crippen LogP contribution in [0.3, 0.4) is 0 Å². The summed E-state index contributed by atoms with van der Waals surface area (Å²) in [7, 11) is 0. The minimum atomic E-state index is 0.784. The van der Waals surface area contributed by atoms with Crippen LogP contribution >= 0.6 is 0 Å². The third-order valence-corrected chi connectivity index (χ3v) is 2.97. The third-order valence-electron chi connectivity index (χ3n) is 2.97. The van der Waals surface area contributed by atoms with Crippen LogP contribution in [0.2, 0.25) is 0 Å². The molecule has 0 saturated heterocycles. The maximum absolute atomic E-state index is 6.08. The predicted octanol–water partition coefficient (Wildman–Crippen LogP) is 3.12. The fourth-order valence-corrected chi connectivity index (χ4v) is 1.97. The molecule has 0 amide bonds. The lowest BCUT2D eigenvalue weighted by Crippen LogP contribution is -1.94. The van der Waals surface area contributed by atoms with Gasteiger partial charge in [0.2, 0.25) is 0 Å². The molecule has 0 aliphatic carbocycles. The minimum Gasteiger partial charge on any atom is -0.398 e. The Bertz CT molecular complexity index is 650. The first-order valence-electron chi connectivity index (χ1n) is 5.56. The number of nitrogen functional groups attached to an aromatic ring is 1. The second kappa shape index (κ2) is 3.63. The van der Waals surface area contributed by atoms with E-state index in [1.807, 2.05) is 49.4 Å². The lowest BCUT2D eigenvalue weighted by atomic mass is 10.1. The molecule has 17 heavy (non-hydrogen) atoms. The van der Waals surface area contributed by atoms with E-state index in [4.69, 9.17) is 5.73 Å². The van der Waals surface area contributed by atoms with Gasteiger partial charge in [0.25, 0.3) is 0 Å². The standard InChI is InChI=1S/C14H13N3/c1-9-5-4-6-10(13(9)15)14-16-11-7-2-3-8-12(11)17-14/h2-8H,15H2,1H3,(H,16,17). The van der Waals surface area contributed by atoms with Crippen molar-refractivity contribution in [2.45, 2.75) is 6.92 Å². The molecule has 0 saturated carbocycles. The molecule has 0 bridgehead atoms. The van der Waals surface area contributed by atoms with Gasteiger partial charge in [0.05, 0.1) is 11.0 Å². The van der Waals surface area contributed by atoms with E-state index in [-0.39, 0.29) is 0 Å². The van der Waals surface area contributed by atoms with E-state index >= 15 is 0 Å². The Labute approximate surface area is 99.3 Å². The van der Waals surface area contributed by atoms with E-state index in [2.05, 4.69) is 9.97 Å². The fraction of sp³-hybridized carbons (Fsp3) is 0.0714. The first kappa shape index (κ1) is 9.90. The number of nitrogens with one attached hydrogen (secondary N) is 1. The Hall–Kier alpha value is -2.29. The van der Waals surface area contributed by atoms with Crippen molar-refractivity contribution in [3.8, 4) is 11.4 Å². The van der Waals surface area contributed by atoms with Gasteiger partial charge in [-0.3, -0.25) is 0 Å². The van der Waals surface area contributed by atoms with E-state index in [1.54, 1.807) is 0 Å². The molecule has 2 aromatic carbocycles. The largest absolute Gasteiger partial charge is 0.398 e. The zero-order chi connectivity index (χ0) is 11.8. The van der Waals surface area contributed by atoms with Crippen molar-refractivity contribution in [2.75, 3.05) is 5.73 Å². The number of aromatic amines is 1. The number of rotatable bonds is 1. The zero-order valence-corrected chi connectivity index (χ0v) is 9.57. The van der Waals surface area contributed by atoms with Gasteiger partial charge in [0.1, 0.15) is 5.82 Å². The normalized spacial score (nSPS) is 10.9. The van der Waals surface area contributed by atoms with Crippen molar-refractivity contribution in [1.82, 2.24) is 9.97 Å². The second-order valence-electron chi connectivity index (χ2n) is 4.14. The number of nitrogens with zero attached hydrogens (tertiary/aromatic N) is 1. The topological polar surface area (TPSA) is 54.7 Å². The number of benzene rings is 2. The predicted molar refractivity (Wildman–Crippen MR) is 70.7 cm³/mol. The Morgan fingerprint density at radius 3 is 2.71 bits per heavy atom. The fourth-order valence-electron chi connectivity index (χ4n) is 1.97.